The van der Waals surface area contributed by atoms with E-state index in [9.17, 15) is 4.79 Å². The van der Waals surface area contributed by atoms with Gasteiger partial charge in [-0.25, -0.2) is 0 Å². The smallest absolute Gasteiger partial charge is 0.468 e. The summed E-state index contributed by atoms with van der Waals surface area (Å²) in [6.07, 6.45) is 1.58. The molecule has 0 radical (unpaired) electrons. The van der Waals surface area contributed by atoms with Crippen LogP contribution in [0.2, 0.25) is 0 Å². The van der Waals surface area contributed by atoms with Crippen LogP contribution in [0.15, 0.2) is 18.2 Å². The Morgan fingerprint density at radius 1 is 1.41 bits per heavy atom. The number of aryl methyl sites for hydroxylation is 1. The van der Waals surface area contributed by atoms with Crippen molar-refractivity contribution < 1.29 is 19.6 Å². The van der Waals surface area contributed by atoms with E-state index < -0.39 is 12.5 Å². The lowest BCUT2D eigenvalue weighted by atomic mass is 9.76. The van der Waals surface area contributed by atoms with Gasteiger partial charge in [0.2, 0.25) is 0 Å². The number of carbonyl (C=O) groups excluding carboxylic acids is 1. The molecule has 0 spiro atoms. The molecular formula is C12H15BO4. The summed E-state index contributed by atoms with van der Waals surface area (Å²) in [5, 5.41) is 18.3. The zero-order valence-electron chi connectivity index (χ0n) is 9.93. The fourth-order valence-corrected chi connectivity index (χ4v) is 2.19. The van der Waals surface area contributed by atoms with E-state index >= 15 is 0 Å². The number of benzene rings is 1. The SMILES string of the molecule is COC(=O)C1(c2ccc(B(O)O)c(C)c2)CC1. The van der Waals surface area contributed by atoms with Crippen LogP contribution < -0.4 is 5.46 Å². The third kappa shape index (κ3) is 1.96. The van der Waals surface area contributed by atoms with Gasteiger partial charge in [-0.05, 0) is 30.8 Å². The number of carbonyl (C=O) groups is 1. The highest BCUT2D eigenvalue weighted by Crippen LogP contribution is 2.49. The normalized spacial score (nSPS) is 16.5. The van der Waals surface area contributed by atoms with Gasteiger partial charge in [0.15, 0.2) is 0 Å². The van der Waals surface area contributed by atoms with Crippen LogP contribution in [-0.2, 0) is 14.9 Å². The lowest BCUT2D eigenvalue weighted by molar-refractivity contribution is -0.143. The largest absolute Gasteiger partial charge is 0.488 e. The molecule has 1 fully saturated rings. The summed E-state index contributed by atoms with van der Waals surface area (Å²) in [4.78, 5) is 11.7. The molecule has 1 aliphatic carbocycles. The highest BCUT2D eigenvalue weighted by Gasteiger charge is 2.52. The molecule has 2 N–H and O–H groups in total. The highest BCUT2D eigenvalue weighted by atomic mass is 16.5. The Labute approximate surface area is 100 Å². The molecule has 1 aromatic carbocycles. The standard InChI is InChI=1S/C12H15BO4/c1-8-7-9(3-4-10(8)13(15)16)12(5-6-12)11(14)17-2/h3-4,7,15-16H,5-6H2,1-2H3. The summed E-state index contributed by atoms with van der Waals surface area (Å²) in [5.74, 6) is -0.214. The van der Waals surface area contributed by atoms with Crippen molar-refractivity contribution >= 4 is 18.6 Å². The predicted octanol–water partition coefficient (Wildman–Crippen LogP) is -0.121. The molecule has 0 heterocycles. The number of ether oxygens (including phenoxy) is 1. The van der Waals surface area contributed by atoms with E-state index in [4.69, 9.17) is 14.8 Å². The maximum Gasteiger partial charge on any atom is 0.488 e. The second-order valence-corrected chi connectivity index (χ2v) is 4.52. The molecular weight excluding hydrogens is 219 g/mol. The summed E-state index contributed by atoms with van der Waals surface area (Å²) in [5.41, 5.74) is 1.63. The molecule has 1 saturated carbocycles. The van der Waals surface area contributed by atoms with Crippen LogP contribution in [0.5, 0.6) is 0 Å². The summed E-state index contributed by atoms with van der Waals surface area (Å²) in [6.45, 7) is 1.80. The van der Waals surface area contributed by atoms with E-state index in [1.165, 1.54) is 7.11 Å². The Balaban J connectivity index is 2.36. The van der Waals surface area contributed by atoms with Gasteiger partial charge in [-0.15, -0.1) is 0 Å². The number of hydrogen-bond acceptors (Lipinski definition) is 4. The fourth-order valence-electron chi connectivity index (χ4n) is 2.19. The number of hydrogen-bond donors (Lipinski definition) is 2. The molecule has 5 heteroatoms. The Kier molecular flexibility index (Phi) is 2.97. The molecule has 0 aliphatic heterocycles. The summed E-state index contributed by atoms with van der Waals surface area (Å²) < 4.78 is 4.81. The lowest BCUT2D eigenvalue weighted by Gasteiger charge is -2.15. The van der Waals surface area contributed by atoms with Gasteiger partial charge >= 0.3 is 13.1 Å². The molecule has 0 bridgehead atoms. The first-order valence-electron chi connectivity index (χ1n) is 5.57. The van der Waals surface area contributed by atoms with Crippen molar-refractivity contribution in [3.63, 3.8) is 0 Å². The Hall–Kier alpha value is -1.33. The predicted molar refractivity (Wildman–Crippen MR) is 63.9 cm³/mol. The van der Waals surface area contributed by atoms with E-state index in [0.717, 1.165) is 24.0 Å². The van der Waals surface area contributed by atoms with Crippen molar-refractivity contribution in [1.82, 2.24) is 0 Å². The van der Waals surface area contributed by atoms with E-state index in [1.54, 1.807) is 19.1 Å². The van der Waals surface area contributed by atoms with Gasteiger partial charge in [0.1, 0.15) is 0 Å². The van der Waals surface area contributed by atoms with Gasteiger partial charge in [0.05, 0.1) is 12.5 Å². The third-order valence-electron chi connectivity index (χ3n) is 3.43. The first-order valence-corrected chi connectivity index (χ1v) is 5.57. The van der Waals surface area contributed by atoms with E-state index in [0.29, 0.717) is 5.46 Å². The number of rotatable bonds is 3. The van der Waals surface area contributed by atoms with Gasteiger partial charge < -0.3 is 14.8 Å². The second-order valence-electron chi connectivity index (χ2n) is 4.52. The summed E-state index contributed by atoms with van der Waals surface area (Å²) in [7, 11) is -0.0847. The van der Waals surface area contributed by atoms with Crippen molar-refractivity contribution in [2.45, 2.75) is 25.2 Å². The topological polar surface area (TPSA) is 66.8 Å². The highest BCUT2D eigenvalue weighted by molar-refractivity contribution is 6.59. The van der Waals surface area contributed by atoms with Crippen LogP contribution >= 0.6 is 0 Å². The minimum Gasteiger partial charge on any atom is -0.468 e. The van der Waals surface area contributed by atoms with Crippen LogP contribution in [0, 0.1) is 6.92 Å². The molecule has 4 nitrogen and oxygen atoms in total. The van der Waals surface area contributed by atoms with Crippen LogP contribution in [0.25, 0.3) is 0 Å². The van der Waals surface area contributed by atoms with Crippen LogP contribution in [0.4, 0.5) is 0 Å². The van der Waals surface area contributed by atoms with Gasteiger partial charge in [0, 0.05) is 0 Å². The van der Waals surface area contributed by atoms with Gasteiger partial charge in [-0.1, -0.05) is 23.8 Å². The minimum atomic E-state index is -1.47. The van der Waals surface area contributed by atoms with Crippen molar-refractivity contribution in [3.05, 3.63) is 29.3 Å². The van der Waals surface area contributed by atoms with Gasteiger partial charge in [0.25, 0.3) is 0 Å². The van der Waals surface area contributed by atoms with Crippen molar-refractivity contribution in [3.8, 4) is 0 Å². The molecule has 0 atom stereocenters. The van der Waals surface area contributed by atoms with Crippen molar-refractivity contribution in [2.24, 2.45) is 0 Å². The first kappa shape index (κ1) is 12.1. The molecule has 0 saturated heterocycles. The first-order chi connectivity index (χ1) is 8.01. The van der Waals surface area contributed by atoms with Crippen molar-refractivity contribution in [2.75, 3.05) is 7.11 Å². The van der Waals surface area contributed by atoms with Crippen LogP contribution in [0.1, 0.15) is 24.0 Å². The van der Waals surface area contributed by atoms with E-state index in [1.807, 2.05) is 6.07 Å². The monoisotopic (exact) mass is 234 g/mol. The molecule has 0 aromatic heterocycles. The third-order valence-corrected chi connectivity index (χ3v) is 3.43. The molecule has 2 rings (SSSR count). The van der Waals surface area contributed by atoms with Gasteiger partial charge in [-0.3, -0.25) is 4.79 Å². The fraction of sp³-hybridized carbons (Fsp3) is 0.417. The van der Waals surface area contributed by atoms with Crippen LogP contribution in [-0.4, -0.2) is 30.2 Å². The lowest BCUT2D eigenvalue weighted by Crippen LogP contribution is -2.33. The Morgan fingerprint density at radius 2 is 2.06 bits per heavy atom. The maximum atomic E-state index is 11.7. The molecule has 17 heavy (non-hydrogen) atoms. The Morgan fingerprint density at radius 3 is 2.47 bits per heavy atom. The minimum absolute atomic E-state index is 0.214. The molecule has 90 valence electrons. The average Bonchev–Trinajstić information content (AvgIpc) is 3.08. The van der Waals surface area contributed by atoms with E-state index in [-0.39, 0.29) is 5.97 Å². The molecule has 1 aromatic rings. The van der Waals surface area contributed by atoms with Crippen molar-refractivity contribution in [1.29, 1.82) is 0 Å². The summed E-state index contributed by atoms with van der Waals surface area (Å²) >= 11 is 0. The summed E-state index contributed by atoms with van der Waals surface area (Å²) in [6, 6.07) is 5.25. The average molecular weight is 234 g/mol. The maximum absolute atomic E-state index is 11.7. The zero-order valence-corrected chi connectivity index (χ0v) is 9.93. The molecule has 0 amide bonds. The zero-order chi connectivity index (χ0) is 12.6. The number of esters is 1. The quantitative estimate of drug-likeness (QED) is 0.565. The van der Waals surface area contributed by atoms with Crippen LogP contribution in [0.3, 0.4) is 0 Å². The molecule has 1 aliphatic rings. The molecule has 0 unspecified atom stereocenters. The second kappa shape index (κ2) is 4.16. The van der Waals surface area contributed by atoms with Gasteiger partial charge in [-0.2, -0.15) is 0 Å². The number of methoxy groups -OCH3 is 1. The van der Waals surface area contributed by atoms with E-state index in [2.05, 4.69) is 0 Å². The Bertz CT molecular complexity index is 452.